The molecule has 0 fully saturated rings. The molecular weight excluding hydrogens is 400 g/mol. The molecule has 0 radical (unpaired) electrons. The molecule has 0 saturated carbocycles. The molecule has 0 atom stereocenters. The van der Waals surface area contributed by atoms with E-state index in [-0.39, 0.29) is 0 Å². The van der Waals surface area contributed by atoms with E-state index in [1.807, 2.05) is 37.3 Å². The average molecular weight is 412 g/mol. The van der Waals surface area contributed by atoms with Crippen LogP contribution in [0.25, 0.3) is 22.6 Å². The number of nitrogens with zero attached hydrogens (tertiary/aromatic N) is 1. The lowest BCUT2D eigenvalue weighted by atomic mass is 10.2. The van der Waals surface area contributed by atoms with Gasteiger partial charge in [-0.1, -0.05) is 6.07 Å². The summed E-state index contributed by atoms with van der Waals surface area (Å²) in [5.41, 5.74) is 8.79. The SMILES string of the molecule is CCOc1cccc(-c2nc3c(Br)c(N)c(Br)cc3o2)c1. The van der Waals surface area contributed by atoms with Gasteiger partial charge >= 0.3 is 0 Å². The van der Waals surface area contributed by atoms with Gasteiger partial charge in [-0.25, -0.2) is 4.98 Å². The minimum absolute atomic E-state index is 0.532. The molecule has 0 bridgehead atoms. The van der Waals surface area contributed by atoms with E-state index in [0.717, 1.165) is 20.3 Å². The molecule has 1 heterocycles. The Morgan fingerprint density at radius 2 is 2.10 bits per heavy atom. The van der Waals surface area contributed by atoms with Crippen molar-refractivity contribution in [2.45, 2.75) is 6.92 Å². The van der Waals surface area contributed by atoms with Crippen molar-refractivity contribution in [2.75, 3.05) is 12.3 Å². The van der Waals surface area contributed by atoms with Crippen LogP contribution in [0, 0.1) is 0 Å². The Bertz CT molecular complexity index is 815. The lowest BCUT2D eigenvalue weighted by Gasteiger charge is -2.03. The second-order valence-electron chi connectivity index (χ2n) is 4.41. The zero-order valence-corrected chi connectivity index (χ0v) is 14.4. The van der Waals surface area contributed by atoms with Crippen molar-refractivity contribution in [1.82, 2.24) is 4.98 Å². The van der Waals surface area contributed by atoms with Crippen LogP contribution in [0.15, 0.2) is 43.7 Å². The minimum Gasteiger partial charge on any atom is -0.494 e. The number of ether oxygens (including phenoxy) is 1. The largest absolute Gasteiger partial charge is 0.494 e. The summed E-state index contributed by atoms with van der Waals surface area (Å²) in [5, 5.41) is 0. The average Bonchev–Trinajstić information content (AvgIpc) is 2.90. The zero-order valence-electron chi connectivity index (χ0n) is 11.2. The third kappa shape index (κ3) is 2.65. The predicted octanol–water partition coefficient (Wildman–Crippen LogP) is 5.00. The Morgan fingerprint density at radius 1 is 1.29 bits per heavy atom. The molecule has 0 aliphatic rings. The second kappa shape index (κ2) is 5.69. The van der Waals surface area contributed by atoms with Crippen LogP contribution in [0.2, 0.25) is 0 Å². The van der Waals surface area contributed by atoms with Crippen LogP contribution in [-0.2, 0) is 0 Å². The molecule has 3 rings (SSSR count). The number of oxazole rings is 1. The number of anilines is 1. The van der Waals surface area contributed by atoms with Gasteiger partial charge in [-0.15, -0.1) is 0 Å². The van der Waals surface area contributed by atoms with Gasteiger partial charge in [0.05, 0.1) is 16.8 Å². The standard InChI is InChI=1S/C15H12Br2N2O2/c1-2-20-9-5-3-4-8(6-9)15-19-14-11(21-15)7-10(16)13(18)12(14)17/h3-7H,2,18H2,1H3. The second-order valence-corrected chi connectivity index (χ2v) is 6.06. The van der Waals surface area contributed by atoms with Gasteiger partial charge in [0.2, 0.25) is 5.89 Å². The van der Waals surface area contributed by atoms with E-state index in [4.69, 9.17) is 14.9 Å². The van der Waals surface area contributed by atoms with Crippen molar-refractivity contribution in [3.63, 3.8) is 0 Å². The molecule has 108 valence electrons. The van der Waals surface area contributed by atoms with Crippen LogP contribution in [-0.4, -0.2) is 11.6 Å². The summed E-state index contributed by atoms with van der Waals surface area (Å²) >= 11 is 6.86. The molecule has 0 spiro atoms. The minimum atomic E-state index is 0.532. The van der Waals surface area contributed by atoms with E-state index in [0.29, 0.717) is 29.3 Å². The number of hydrogen-bond donors (Lipinski definition) is 1. The molecule has 6 heteroatoms. The van der Waals surface area contributed by atoms with Gasteiger partial charge in [-0.05, 0) is 63.0 Å². The molecule has 3 aromatic rings. The summed E-state index contributed by atoms with van der Waals surface area (Å²) < 4.78 is 12.8. The van der Waals surface area contributed by atoms with Gasteiger partial charge in [0.15, 0.2) is 5.58 Å². The van der Waals surface area contributed by atoms with Crippen LogP contribution in [0.4, 0.5) is 5.69 Å². The number of fused-ring (bicyclic) bond motifs is 1. The van der Waals surface area contributed by atoms with Crippen LogP contribution in [0.5, 0.6) is 5.75 Å². The smallest absolute Gasteiger partial charge is 0.227 e. The topological polar surface area (TPSA) is 61.3 Å². The lowest BCUT2D eigenvalue weighted by molar-refractivity contribution is 0.340. The molecule has 0 aliphatic heterocycles. The molecule has 2 N–H and O–H groups in total. The quantitative estimate of drug-likeness (QED) is 0.616. The fraction of sp³-hybridized carbons (Fsp3) is 0.133. The Hall–Kier alpha value is -1.53. The van der Waals surface area contributed by atoms with Gasteiger partial charge < -0.3 is 14.9 Å². The van der Waals surface area contributed by atoms with Crippen molar-refractivity contribution in [1.29, 1.82) is 0 Å². The summed E-state index contributed by atoms with van der Waals surface area (Å²) in [6.07, 6.45) is 0. The monoisotopic (exact) mass is 410 g/mol. The number of halogens is 2. The van der Waals surface area contributed by atoms with Crippen molar-refractivity contribution in [3.8, 4) is 17.2 Å². The van der Waals surface area contributed by atoms with Crippen molar-refractivity contribution in [2.24, 2.45) is 0 Å². The van der Waals surface area contributed by atoms with Crippen LogP contribution in [0.3, 0.4) is 0 Å². The lowest BCUT2D eigenvalue weighted by Crippen LogP contribution is -1.91. The number of aromatic nitrogens is 1. The van der Waals surface area contributed by atoms with Crippen LogP contribution in [0.1, 0.15) is 6.92 Å². The molecule has 0 unspecified atom stereocenters. The van der Waals surface area contributed by atoms with E-state index >= 15 is 0 Å². The summed E-state index contributed by atoms with van der Waals surface area (Å²) in [5.74, 6) is 1.32. The number of hydrogen-bond acceptors (Lipinski definition) is 4. The predicted molar refractivity (Wildman–Crippen MR) is 90.4 cm³/mol. The molecular formula is C15H12Br2N2O2. The highest BCUT2D eigenvalue weighted by atomic mass is 79.9. The Labute approximate surface area is 138 Å². The maximum Gasteiger partial charge on any atom is 0.227 e. The van der Waals surface area contributed by atoms with E-state index in [1.54, 1.807) is 0 Å². The van der Waals surface area contributed by atoms with Gasteiger partial charge in [0.25, 0.3) is 0 Å². The number of benzene rings is 2. The maximum absolute atomic E-state index is 5.96. The van der Waals surface area contributed by atoms with Crippen LogP contribution >= 0.6 is 31.9 Å². The zero-order chi connectivity index (χ0) is 15.0. The first-order valence-corrected chi connectivity index (χ1v) is 7.96. The van der Waals surface area contributed by atoms with E-state index in [9.17, 15) is 0 Å². The highest BCUT2D eigenvalue weighted by Crippen LogP contribution is 2.37. The number of nitrogen functional groups attached to an aromatic ring is 1. The molecule has 1 aromatic heterocycles. The van der Waals surface area contributed by atoms with Gasteiger partial charge in [-0.3, -0.25) is 0 Å². The fourth-order valence-corrected chi connectivity index (χ4v) is 3.19. The molecule has 2 aromatic carbocycles. The van der Waals surface area contributed by atoms with E-state index < -0.39 is 0 Å². The summed E-state index contributed by atoms with van der Waals surface area (Å²) in [7, 11) is 0. The third-order valence-corrected chi connectivity index (χ3v) is 4.46. The first-order valence-electron chi connectivity index (χ1n) is 6.37. The first-order chi connectivity index (χ1) is 10.1. The maximum atomic E-state index is 5.96. The summed E-state index contributed by atoms with van der Waals surface area (Å²) in [4.78, 5) is 4.52. The molecule has 4 nitrogen and oxygen atoms in total. The van der Waals surface area contributed by atoms with Crippen LogP contribution < -0.4 is 10.5 Å². The van der Waals surface area contributed by atoms with Gasteiger partial charge in [-0.2, -0.15) is 0 Å². The Kier molecular flexibility index (Phi) is 3.91. The highest BCUT2D eigenvalue weighted by molar-refractivity contribution is 9.11. The van der Waals surface area contributed by atoms with Gasteiger partial charge in [0, 0.05) is 10.0 Å². The molecule has 0 aliphatic carbocycles. The molecule has 0 amide bonds. The highest BCUT2D eigenvalue weighted by Gasteiger charge is 2.15. The number of rotatable bonds is 3. The van der Waals surface area contributed by atoms with Crippen molar-refractivity contribution >= 4 is 48.6 Å². The molecule has 0 saturated heterocycles. The summed E-state index contributed by atoms with van der Waals surface area (Å²) in [6.45, 7) is 2.57. The first kappa shape index (κ1) is 14.4. The third-order valence-electron chi connectivity index (χ3n) is 3.00. The fourth-order valence-electron chi connectivity index (χ4n) is 2.02. The van der Waals surface area contributed by atoms with E-state index in [1.165, 1.54) is 0 Å². The van der Waals surface area contributed by atoms with Gasteiger partial charge in [0.1, 0.15) is 11.3 Å². The normalized spacial score (nSPS) is 11.0. The Morgan fingerprint density at radius 3 is 2.86 bits per heavy atom. The van der Waals surface area contributed by atoms with Crippen molar-refractivity contribution < 1.29 is 9.15 Å². The number of nitrogens with two attached hydrogens (primary N) is 1. The Balaban J connectivity index is 2.13. The van der Waals surface area contributed by atoms with E-state index in [2.05, 4.69) is 36.8 Å². The molecule has 21 heavy (non-hydrogen) atoms. The van der Waals surface area contributed by atoms with Crippen molar-refractivity contribution in [3.05, 3.63) is 39.3 Å². The summed E-state index contributed by atoms with van der Waals surface area (Å²) in [6, 6.07) is 9.47.